The molecule has 0 bridgehead atoms. The molecule has 0 fully saturated rings. The highest BCUT2D eigenvalue weighted by atomic mass is 79.9. The molecular weight excluding hydrogens is 386 g/mol. The van der Waals surface area contributed by atoms with Gasteiger partial charge in [-0.25, -0.2) is 0 Å². The lowest BCUT2D eigenvalue weighted by Gasteiger charge is -2.14. The second-order valence-corrected chi connectivity index (χ2v) is 6.08. The fourth-order valence-corrected chi connectivity index (χ4v) is 2.68. The van der Waals surface area contributed by atoms with Crippen molar-refractivity contribution in [1.29, 1.82) is 0 Å². The first-order chi connectivity index (χ1) is 9.49. The highest BCUT2D eigenvalue weighted by Crippen LogP contribution is 2.32. The van der Waals surface area contributed by atoms with Gasteiger partial charge in [0.15, 0.2) is 11.5 Å². The molecule has 2 aromatic carbocycles. The molecule has 0 aliphatic heterocycles. The van der Waals surface area contributed by atoms with Crippen molar-refractivity contribution in [3.05, 3.63) is 56.5 Å². The van der Waals surface area contributed by atoms with Gasteiger partial charge in [-0.2, -0.15) is 0 Å². The molecule has 2 rings (SSSR count). The largest absolute Gasteiger partial charge is 0.486 e. The standard InChI is InChI=1S/C15H13Br2NO2/c1-9(19)12-6-11(16)7-14(18)15(12)20-8-10-4-2-3-5-13(10)17/h2-7H,8,18H2,1H3. The van der Waals surface area contributed by atoms with Crippen molar-refractivity contribution in [3.63, 3.8) is 0 Å². The Hall–Kier alpha value is -1.33. The number of Topliss-reactive ketones (excluding diaryl/α,β-unsaturated/α-hetero) is 1. The monoisotopic (exact) mass is 397 g/mol. The van der Waals surface area contributed by atoms with Crippen LogP contribution in [0.5, 0.6) is 5.75 Å². The average molecular weight is 399 g/mol. The van der Waals surface area contributed by atoms with Crippen LogP contribution in [0.4, 0.5) is 5.69 Å². The normalized spacial score (nSPS) is 10.3. The molecule has 0 spiro atoms. The summed E-state index contributed by atoms with van der Waals surface area (Å²) in [6, 6.07) is 11.2. The van der Waals surface area contributed by atoms with Crippen molar-refractivity contribution >= 4 is 43.3 Å². The molecule has 2 N–H and O–H groups in total. The van der Waals surface area contributed by atoms with Gasteiger partial charge in [0.1, 0.15) is 6.61 Å². The molecular formula is C15H13Br2NO2. The number of halogens is 2. The Kier molecular flexibility index (Phi) is 4.83. The second kappa shape index (κ2) is 6.41. The van der Waals surface area contributed by atoms with Gasteiger partial charge in [-0.05, 0) is 25.1 Å². The lowest BCUT2D eigenvalue weighted by molar-refractivity contribution is 0.101. The molecule has 0 aliphatic carbocycles. The van der Waals surface area contributed by atoms with Gasteiger partial charge in [-0.15, -0.1) is 0 Å². The van der Waals surface area contributed by atoms with Crippen LogP contribution in [0.1, 0.15) is 22.8 Å². The Balaban J connectivity index is 2.30. The summed E-state index contributed by atoms with van der Waals surface area (Å²) in [6.07, 6.45) is 0. The van der Waals surface area contributed by atoms with E-state index in [0.717, 1.165) is 14.5 Å². The molecule has 0 saturated heterocycles. The van der Waals surface area contributed by atoms with E-state index in [1.165, 1.54) is 6.92 Å². The molecule has 0 aliphatic rings. The van der Waals surface area contributed by atoms with Crippen LogP contribution in [-0.2, 0) is 6.61 Å². The van der Waals surface area contributed by atoms with Crippen LogP contribution < -0.4 is 10.5 Å². The number of nitrogen functional groups attached to an aromatic ring is 1. The number of hydrogen-bond donors (Lipinski definition) is 1. The minimum Gasteiger partial charge on any atom is -0.486 e. The first-order valence-corrected chi connectivity index (χ1v) is 7.54. The van der Waals surface area contributed by atoms with Crippen LogP contribution in [0.15, 0.2) is 45.3 Å². The van der Waals surface area contributed by atoms with Gasteiger partial charge >= 0.3 is 0 Å². The number of carbonyl (C=O) groups is 1. The van der Waals surface area contributed by atoms with Crippen molar-refractivity contribution in [2.75, 3.05) is 5.73 Å². The Morgan fingerprint density at radius 2 is 1.95 bits per heavy atom. The minimum absolute atomic E-state index is 0.0832. The predicted octanol–water partition coefficient (Wildman–Crippen LogP) is 4.58. The number of ether oxygens (including phenoxy) is 1. The van der Waals surface area contributed by atoms with E-state index in [1.807, 2.05) is 24.3 Å². The van der Waals surface area contributed by atoms with Gasteiger partial charge in [0.2, 0.25) is 0 Å². The first kappa shape index (κ1) is 15.1. The third-order valence-electron chi connectivity index (χ3n) is 2.79. The van der Waals surface area contributed by atoms with E-state index in [-0.39, 0.29) is 5.78 Å². The lowest BCUT2D eigenvalue weighted by Crippen LogP contribution is -2.05. The Bertz CT molecular complexity index is 656. The van der Waals surface area contributed by atoms with Gasteiger partial charge in [0, 0.05) is 14.5 Å². The maximum Gasteiger partial charge on any atom is 0.163 e. The van der Waals surface area contributed by atoms with Crippen LogP contribution in [0.2, 0.25) is 0 Å². The summed E-state index contributed by atoms with van der Waals surface area (Å²) in [4.78, 5) is 11.7. The van der Waals surface area contributed by atoms with Crippen LogP contribution >= 0.6 is 31.9 Å². The van der Waals surface area contributed by atoms with E-state index in [9.17, 15) is 4.79 Å². The molecule has 0 radical (unpaired) electrons. The van der Waals surface area contributed by atoms with Gasteiger partial charge < -0.3 is 10.5 Å². The van der Waals surface area contributed by atoms with E-state index in [0.29, 0.717) is 23.6 Å². The fourth-order valence-electron chi connectivity index (χ4n) is 1.80. The summed E-state index contributed by atoms with van der Waals surface area (Å²) >= 11 is 6.79. The Morgan fingerprint density at radius 3 is 2.60 bits per heavy atom. The van der Waals surface area contributed by atoms with E-state index in [4.69, 9.17) is 10.5 Å². The van der Waals surface area contributed by atoms with Crippen molar-refractivity contribution in [3.8, 4) is 5.75 Å². The zero-order valence-corrected chi connectivity index (χ0v) is 14.0. The molecule has 0 atom stereocenters. The zero-order valence-electron chi connectivity index (χ0n) is 10.8. The molecule has 0 heterocycles. The minimum atomic E-state index is -0.0832. The third kappa shape index (κ3) is 3.41. The van der Waals surface area contributed by atoms with Crippen LogP contribution in [0.25, 0.3) is 0 Å². The van der Waals surface area contributed by atoms with Crippen molar-refractivity contribution < 1.29 is 9.53 Å². The Labute approximate surface area is 134 Å². The number of carbonyl (C=O) groups excluding carboxylic acids is 1. The molecule has 0 unspecified atom stereocenters. The number of benzene rings is 2. The quantitative estimate of drug-likeness (QED) is 0.605. The molecule has 104 valence electrons. The number of nitrogens with two attached hydrogens (primary N) is 1. The van der Waals surface area contributed by atoms with Gasteiger partial charge in [-0.1, -0.05) is 50.1 Å². The van der Waals surface area contributed by atoms with Crippen LogP contribution in [0.3, 0.4) is 0 Å². The first-order valence-electron chi connectivity index (χ1n) is 5.95. The summed E-state index contributed by atoms with van der Waals surface area (Å²) in [7, 11) is 0. The summed E-state index contributed by atoms with van der Waals surface area (Å²) < 4.78 is 7.47. The molecule has 0 amide bonds. The number of ketones is 1. The predicted molar refractivity (Wildman–Crippen MR) is 87.0 cm³/mol. The third-order valence-corrected chi connectivity index (χ3v) is 4.02. The fraction of sp³-hybridized carbons (Fsp3) is 0.133. The molecule has 5 heteroatoms. The molecule has 0 aromatic heterocycles. The van der Waals surface area contributed by atoms with Crippen LogP contribution in [-0.4, -0.2) is 5.78 Å². The number of hydrogen-bond acceptors (Lipinski definition) is 3. The smallest absolute Gasteiger partial charge is 0.163 e. The Morgan fingerprint density at radius 1 is 1.25 bits per heavy atom. The van der Waals surface area contributed by atoms with Crippen LogP contribution in [0, 0.1) is 0 Å². The topological polar surface area (TPSA) is 52.3 Å². The summed E-state index contributed by atoms with van der Waals surface area (Å²) in [5.41, 5.74) is 7.85. The van der Waals surface area contributed by atoms with Gasteiger partial charge in [0.05, 0.1) is 11.3 Å². The molecule has 20 heavy (non-hydrogen) atoms. The van der Waals surface area contributed by atoms with Gasteiger partial charge in [-0.3, -0.25) is 4.79 Å². The highest BCUT2D eigenvalue weighted by Gasteiger charge is 2.14. The summed E-state index contributed by atoms with van der Waals surface area (Å²) in [6.45, 7) is 1.83. The van der Waals surface area contributed by atoms with E-state index < -0.39 is 0 Å². The lowest BCUT2D eigenvalue weighted by atomic mass is 10.1. The van der Waals surface area contributed by atoms with Crippen molar-refractivity contribution in [2.24, 2.45) is 0 Å². The highest BCUT2D eigenvalue weighted by molar-refractivity contribution is 9.10. The maximum atomic E-state index is 11.7. The van der Waals surface area contributed by atoms with Gasteiger partial charge in [0.25, 0.3) is 0 Å². The average Bonchev–Trinajstić information content (AvgIpc) is 2.38. The second-order valence-electron chi connectivity index (χ2n) is 4.31. The van der Waals surface area contributed by atoms with E-state index >= 15 is 0 Å². The van der Waals surface area contributed by atoms with E-state index in [2.05, 4.69) is 31.9 Å². The van der Waals surface area contributed by atoms with E-state index in [1.54, 1.807) is 12.1 Å². The maximum absolute atomic E-state index is 11.7. The SMILES string of the molecule is CC(=O)c1cc(Br)cc(N)c1OCc1ccccc1Br. The summed E-state index contributed by atoms with van der Waals surface area (Å²) in [5, 5.41) is 0. The van der Waals surface area contributed by atoms with Crippen molar-refractivity contribution in [1.82, 2.24) is 0 Å². The molecule has 2 aromatic rings. The van der Waals surface area contributed by atoms with Crippen molar-refractivity contribution in [2.45, 2.75) is 13.5 Å². The molecule has 0 saturated carbocycles. The number of anilines is 1. The zero-order chi connectivity index (χ0) is 14.7. The molecule has 3 nitrogen and oxygen atoms in total. The number of rotatable bonds is 4. The summed E-state index contributed by atoms with van der Waals surface area (Å²) in [5.74, 6) is 0.344.